The summed E-state index contributed by atoms with van der Waals surface area (Å²) in [7, 11) is 0. The molecule has 1 aliphatic heterocycles. The normalized spacial score (nSPS) is 16.3. The summed E-state index contributed by atoms with van der Waals surface area (Å²) in [5.41, 5.74) is 8.10. The first-order valence-electron chi connectivity index (χ1n) is 7.53. The van der Waals surface area contributed by atoms with Gasteiger partial charge >= 0.3 is 0 Å². The van der Waals surface area contributed by atoms with Crippen molar-refractivity contribution in [3.8, 4) is 0 Å². The van der Waals surface area contributed by atoms with Gasteiger partial charge in [0.2, 0.25) is 0 Å². The fourth-order valence-corrected chi connectivity index (χ4v) is 2.88. The Bertz CT molecular complexity index is 584. The van der Waals surface area contributed by atoms with Crippen LogP contribution in [-0.2, 0) is 6.54 Å². The van der Waals surface area contributed by atoms with Gasteiger partial charge in [0.25, 0.3) is 0 Å². The standard InChI is InChI=1S/C16H23N5/c1-14-18-6-7-20(14)11-8-19-9-12-21(13-10-19)16-5-3-2-4-15(16)17/h2-7H,8-13,17H2,1H3. The van der Waals surface area contributed by atoms with Crippen LogP contribution in [0.25, 0.3) is 0 Å². The highest BCUT2D eigenvalue weighted by Crippen LogP contribution is 2.23. The maximum Gasteiger partial charge on any atom is 0.105 e. The summed E-state index contributed by atoms with van der Waals surface area (Å²) in [5, 5.41) is 0. The number of nitrogens with two attached hydrogens (primary N) is 1. The second kappa shape index (κ2) is 6.18. The number of aromatic nitrogens is 2. The highest BCUT2D eigenvalue weighted by molar-refractivity contribution is 5.67. The summed E-state index contributed by atoms with van der Waals surface area (Å²) in [4.78, 5) is 9.16. The molecule has 5 heteroatoms. The van der Waals surface area contributed by atoms with Crippen molar-refractivity contribution in [1.82, 2.24) is 14.5 Å². The molecule has 1 aromatic heterocycles. The minimum Gasteiger partial charge on any atom is -0.397 e. The molecule has 0 saturated carbocycles. The zero-order valence-corrected chi connectivity index (χ0v) is 12.6. The molecule has 112 valence electrons. The minimum atomic E-state index is 0.875. The van der Waals surface area contributed by atoms with E-state index in [1.807, 2.05) is 18.3 Å². The van der Waals surface area contributed by atoms with Crippen LogP contribution in [0.3, 0.4) is 0 Å². The lowest BCUT2D eigenvalue weighted by atomic mass is 10.2. The Balaban J connectivity index is 1.51. The summed E-state index contributed by atoms with van der Waals surface area (Å²) in [6.07, 6.45) is 3.92. The van der Waals surface area contributed by atoms with E-state index in [9.17, 15) is 0 Å². The summed E-state index contributed by atoms with van der Waals surface area (Å²) < 4.78 is 2.21. The first-order chi connectivity index (χ1) is 10.2. The van der Waals surface area contributed by atoms with E-state index in [1.54, 1.807) is 0 Å². The largest absolute Gasteiger partial charge is 0.397 e. The van der Waals surface area contributed by atoms with Gasteiger partial charge in [0.1, 0.15) is 5.82 Å². The van der Waals surface area contributed by atoms with Crippen LogP contribution >= 0.6 is 0 Å². The van der Waals surface area contributed by atoms with Gasteiger partial charge in [-0.05, 0) is 19.1 Å². The van der Waals surface area contributed by atoms with Gasteiger partial charge in [-0.25, -0.2) is 4.98 Å². The topological polar surface area (TPSA) is 50.3 Å². The first-order valence-corrected chi connectivity index (χ1v) is 7.53. The number of imidazole rings is 1. The predicted octanol–water partition coefficient (Wildman–Crippen LogP) is 1.60. The lowest BCUT2D eigenvalue weighted by molar-refractivity contribution is 0.247. The molecule has 0 radical (unpaired) electrons. The van der Waals surface area contributed by atoms with E-state index < -0.39 is 0 Å². The molecule has 0 aliphatic carbocycles. The van der Waals surface area contributed by atoms with Gasteiger partial charge in [0.05, 0.1) is 11.4 Å². The Hall–Kier alpha value is -2.01. The summed E-state index contributed by atoms with van der Waals surface area (Å²) in [6.45, 7) is 8.39. The number of para-hydroxylation sites is 2. The van der Waals surface area contributed by atoms with Crippen molar-refractivity contribution in [3.05, 3.63) is 42.5 Å². The van der Waals surface area contributed by atoms with E-state index >= 15 is 0 Å². The smallest absolute Gasteiger partial charge is 0.105 e. The van der Waals surface area contributed by atoms with Crippen LogP contribution in [0.1, 0.15) is 5.82 Å². The summed E-state index contributed by atoms with van der Waals surface area (Å²) in [6, 6.07) is 8.13. The molecule has 0 unspecified atom stereocenters. The molecule has 0 amide bonds. The Morgan fingerprint density at radius 3 is 2.52 bits per heavy atom. The third kappa shape index (κ3) is 3.19. The fourth-order valence-electron chi connectivity index (χ4n) is 2.88. The number of rotatable bonds is 4. The first kappa shape index (κ1) is 13.9. The maximum atomic E-state index is 6.06. The fraction of sp³-hybridized carbons (Fsp3) is 0.438. The van der Waals surface area contributed by atoms with Crippen molar-refractivity contribution in [2.24, 2.45) is 0 Å². The molecule has 2 heterocycles. The van der Waals surface area contributed by atoms with E-state index in [4.69, 9.17) is 5.73 Å². The third-order valence-corrected chi connectivity index (χ3v) is 4.23. The van der Waals surface area contributed by atoms with E-state index in [1.165, 1.54) is 5.69 Å². The van der Waals surface area contributed by atoms with Gasteiger partial charge in [-0.1, -0.05) is 12.1 Å². The Labute approximate surface area is 126 Å². The molecule has 5 nitrogen and oxygen atoms in total. The average molecular weight is 285 g/mol. The zero-order valence-electron chi connectivity index (χ0n) is 12.6. The van der Waals surface area contributed by atoms with Gasteiger partial charge in [0.15, 0.2) is 0 Å². The van der Waals surface area contributed by atoms with Gasteiger partial charge in [-0.3, -0.25) is 4.90 Å². The van der Waals surface area contributed by atoms with Crippen LogP contribution in [0.15, 0.2) is 36.7 Å². The number of nitrogens with zero attached hydrogens (tertiary/aromatic N) is 4. The minimum absolute atomic E-state index is 0.875. The average Bonchev–Trinajstić information content (AvgIpc) is 2.92. The molecule has 3 rings (SSSR count). The van der Waals surface area contributed by atoms with Gasteiger partial charge in [-0.2, -0.15) is 0 Å². The third-order valence-electron chi connectivity index (χ3n) is 4.23. The maximum absolute atomic E-state index is 6.06. The van der Waals surface area contributed by atoms with Crippen molar-refractivity contribution >= 4 is 11.4 Å². The molecule has 1 aromatic carbocycles. The van der Waals surface area contributed by atoms with E-state index in [2.05, 4.69) is 44.6 Å². The second-order valence-corrected chi connectivity index (χ2v) is 5.56. The van der Waals surface area contributed by atoms with Crippen molar-refractivity contribution in [2.75, 3.05) is 43.4 Å². The number of nitrogen functional groups attached to an aromatic ring is 1. The summed E-state index contributed by atoms with van der Waals surface area (Å²) >= 11 is 0. The Morgan fingerprint density at radius 2 is 1.86 bits per heavy atom. The number of aryl methyl sites for hydroxylation is 1. The van der Waals surface area contributed by atoms with E-state index in [0.717, 1.165) is 50.8 Å². The second-order valence-electron chi connectivity index (χ2n) is 5.56. The molecular weight excluding hydrogens is 262 g/mol. The molecular formula is C16H23N5. The molecule has 1 aliphatic rings. The van der Waals surface area contributed by atoms with Crippen LogP contribution in [0.4, 0.5) is 11.4 Å². The Morgan fingerprint density at radius 1 is 1.10 bits per heavy atom. The van der Waals surface area contributed by atoms with Crippen molar-refractivity contribution < 1.29 is 0 Å². The predicted molar refractivity (Wildman–Crippen MR) is 86.5 cm³/mol. The number of hydrogen-bond donors (Lipinski definition) is 1. The molecule has 0 atom stereocenters. The lowest BCUT2D eigenvalue weighted by Crippen LogP contribution is -2.47. The molecule has 0 bridgehead atoms. The molecule has 2 aromatic rings. The monoisotopic (exact) mass is 285 g/mol. The molecule has 1 fully saturated rings. The van der Waals surface area contributed by atoms with E-state index in [-0.39, 0.29) is 0 Å². The van der Waals surface area contributed by atoms with Crippen LogP contribution < -0.4 is 10.6 Å². The summed E-state index contributed by atoms with van der Waals surface area (Å²) in [5.74, 6) is 1.09. The van der Waals surface area contributed by atoms with Crippen molar-refractivity contribution in [3.63, 3.8) is 0 Å². The number of hydrogen-bond acceptors (Lipinski definition) is 4. The van der Waals surface area contributed by atoms with Gasteiger partial charge < -0.3 is 15.2 Å². The number of anilines is 2. The van der Waals surface area contributed by atoms with Crippen LogP contribution in [0.2, 0.25) is 0 Å². The van der Waals surface area contributed by atoms with Gasteiger partial charge in [0, 0.05) is 51.7 Å². The molecule has 1 saturated heterocycles. The number of piperazine rings is 1. The molecule has 2 N–H and O–H groups in total. The van der Waals surface area contributed by atoms with Crippen molar-refractivity contribution in [1.29, 1.82) is 0 Å². The quantitative estimate of drug-likeness (QED) is 0.867. The molecule has 21 heavy (non-hydrogen) atoms. The van der Waals surface area contributed by atoms with Gasteiger partial charge in [-0.15, -0.1) is 0 Å². The van der Waals surface area contributed by atoms with E-state index in [0.29, 0.717) is 0 Å². The SMILES string of the molecule is Cc1nccn1CCN1CCN(c2ccccc2N)CC1. The number of benzene rings is 1. The zero-order chi connectivity index (χ0) is 14.7. The Kier molecular flexibility index (Phi) is 4.10. The molecule has 0 spiro atoms. The van der Waals surface area contributed by atoms with Crippen LogP contribution in [0, 0.1) is 6.92 Å². The highest BCUT2D eigenvalue weighted by Gasteiger charge is 2.18. The van der Waals surface area contributed by atoms with Crippen LogP contribution in [0.5, 0.6) is 0 Å². The van der Waals surface area contributed by atoms with Crippen LogP contribution in [-0.4, -0.2) is 47.2 Å². The lowest BCUT2D eigenvalue weighted by Gasteiger charge is -2.36. The van der Waals surface area contributed by atoms with Crippen molar-refractivity contribution in [2.45, 2.75) is 13.5 Å². The highest BCUT2D eigenvalue weighted by atomic mass is 15.3.